The molecule has 2 aromatic rings. The van der Waals surface area contributed by atoms with Gasteiger partial charge in [0, 0.05) is 12.5 Å². The van der Waals surface area contributed by atoms with E-state index >= 15 is 0 Å². The number of hydrogen-bond donors (Lipinski definition) is 1. The molecule has 1 aliphatic carbocycles. The third kappa shape index (κ3) is 5.71. The Kier molecular flexibility index (Phi) is 7.44. The number of carbonyl (C=O) groups excluding carboxylic acids is 3. The normalized spacial score (nSPS) is 22.7. The van der Waals surface area contributed by atoms with Crippen molar-refractivity contribution in [2.24, 2.45) is 0 Å². The highest BCUT2D eigenvalue weighted by molar-refractivity contribution is 6.22. The van der Waals surface area contributed by atoms with Crippen molar-refractivity contribution in [3.63, 3.8) is 0 Å². The first-order chi connectivity index (χ1) is 14.9. The molecule has 2 aromatic carbocycles. The highest BCUT2D eigenvalue weighted by Gasteiger charge is 2.44. The fourth-order valence-electron chi connectivity index (χ4n) is 3.12. The van der Waals surface area contributed by atoms with Gasteiger partial charge in [-0.05, 0) is 24.3 Å². The van der Waals surface area contributed by atoms with Gasteiger partial charge in [-0.25, -0.2) is 9.59 Å². The van der Waals surface area contributed by atoms with Gasteiger partial charge in [0.15, 0.2) is 12.2 Å². The minimum atomic E-state index is -1.34. The van der Waals surface area contributed by atoms with Crippen LogP contribution in [0.5, 0.6) is 0 Å². The molecule has 0 aliphatic heterocycles. The number of carbonyl (C=O) groups is 3. The van der Waals surface area contributed by atoms with E-state index in [0.717, 1.165) is 0 Å². The summed E-state index contributed by atoms with van der Waals surface area (Å²) in [6.07, 6.45) is -2.36. The number of esters is 3. The number of aliphatic hydroxyl groups excluding tert-OH is 1. The largest absolute Gasteiger partial charge is 0.457 e. The Morgan fingerprint density at radius 2 is 1.45 bits per heavy atom. The lowest BCUT2D eigenvalue weighted by Crippen LogP contribution is -2.51. The van der Waals surface area contributed by atoms with Crippen molar-refractivity contribution >= 4 is 29.5 Å². The lowest BCUT2D eigenvalue weighted by atomic mass is 9.91. The molecule has 0 amide bonds. The number of alkyl halides is 1. The Morgan fingerprint density at radius 1 is 0.903 bits per heavy atom. The van der Waals surface area contributed by atoms with Crippen molar-refractivity contribution in [3.05, 3.63) is 83.4 Å². The smallest absolute Gasteiger partial charge is 0.338 e. The zero-order chi connectivity index (χ0) is 22.4. The van der Waals surface area contributed by atoms with Gasteiger partial charge in [-0.2, -0.15) is 0 Å². The third-order valence-electron chi connectivity index (χ3n) is 4.62. The molecule has 162 valence electrons. The zero-order valence-corrected chi connectivity index (χ0v) is 17.4. The van der Waals surface area contributed by atoms with Gasteiger partial charge in [0.1, 0.15) is 12.7 Å². The van der Waals surface area contributed by atoms with Gasteiger partial charge in [0.25, 0.3) is 0 Å². The molecule has 1 aliphatic rings. The van der Waals surface area contributed by atoms with Crippen LogP contribution in [0.3, 0.4) is 0 Å². The standard InChI is InChI=1S/C23H21ClO7/c1-14(25)30-20-17(13-29-22(27)15-8-4-2-5-9-15)12-18(24)19(26)21(20)31-23(28)16-10-6-3-7-11-16/h2-12,18-21,26H,13H2,1H3/t18-,19+,20+,21+/m1/s1. The molecule has 3 rings (SSSR count). The predicted molar refractivity (Wildman–Crippen MR) is 112 cm³/mol. The van der Waals surface area contributed by atoms with Gasteiger partial charge in [-0.15, -0.1) is 11.6 Å². The maximum absolute atomic E-state index is 12.5. The fraction of sp³-hybridized carbons (Fsp3) is 0.261. The van der Waals surface area contributed by atoms with Gasteiger partial charge >= 0.3 is 17.9 Å². The van der Waals surface area contributed by atoms with Crippen molar-refractivity contribution in [1.82, 2.24) is 0 Å². The quantitative estimate of drug-likeness (QED) is 0.316. The highest BCUT2D eigenvalue weighted by Crippen LogP contribution is 2.29. The molecule has 0 spiro atoms. The molecule has 0 heterocycles. The van der Waals surface area contributed by atoms with Crippen LogP contribution in [0.2, 0.25) is 0 Å². The number of aliphatic hydroxyl groups is 1. The number of hydrogen-bond acceptors (Lipinski definition) is 7. The second kappa shape index (κ2) is 10.2. The summed E-state index contributed by atoms with van der Waals surface area (Å²) in [5.74, 6) is -1.96. The van der Waals surface area contributed by atoms with E-state index in [-0.39, 0.29) is 12.2 Å². The third-order valence-corrected chi connectivity index (χ3v) is 5.01. The van der Waals surface area contributed by atoms with E-state index in [2.05, 4.69) is 0 Å². The van der Waals surface area contributed by atoms with E-state index in [0.29, 0.717) is 11.1 Å². The number of ether oxygens (including phenoxy) is 3. The Morgan fingerprint density at radius 3 is 2.00 bits per heavy atom. The minimum absolute atomic E-state index is 0.258. The average molecular weight is 445 g/mol. The first kappa shape index (κ1) is 22.5. The van der Waals surface area contributed by atoms with E-state index in [1.165, 1.54) is 13.0 Å². The Bertz CT molecular complexity index is 958. The van der Waals surface area contributed by atoms with Gasteiger partial charge in [0.05, 0.1) is 16.5 Å². The van der Waals surface area contributed by atoms with Crippen molar-refractivity contribution in [2.45, 2.75) is 30.6 Å². The Hall–Kier alpha value is -3.16. The first-order valence-electron chi connectivity index (χ1n) is 9.55. The molecule has 0 fully saturated rings. The predicted octanol–water partition coefficient (Wildman–Crippen LogP) is 2.91. The number of halogens is 1. The summed E-state index contributed by atoms with van der Waals surface area (Å²) < 4.78 is 16.1. The summed E-state index contributed by atoms with van der Waals surface area (Å²) in [7, 11) is 0. The monoisotopic (exact) mass is 444 g/mol. The Labute approximate surface area is 184 Å². The van der Waals surface area contributed by atoms with Crippen LogP contribution in [0.25, 0.3) is 0 Å². The summed E-state index contributed by atoms with van der Waals surface area (Å²) in [5, 5.41) is 9.58. The molecule has 0 bridgehead atoms. The maximum atomic E-state index is 12.5. The van der Waals surface area contributed by atoms with Crippen LogP contribution in [0, 0.1) is 0 Å². The van der Waals surface area contributed by atoms with Crippen LogP contribution in [0.1, 0.15) is 27.6 Å². The summed E-state index contributed by atoms with van der Waals surface area (Å²) in [6, 6.07) is 16.5. The van der Waals surface area contributed by atoms with E-state index < -0.39 is 41.6 Å². The van der Waals surface area contributed by atoms with Crippen LogP contribution in [-0.2, 0) is 19.0 Å². The number of benzene rings is 2. The lowest BCUT2D eigenvalue weighted by molar-refractivity contribution is -0.155. The van der Waals surface area contributed by atoms with Crippen molar-refractivity contribution in [3.8, 4) is 0 Å². The van der Waals surface area contributed by atoms with Crippen LogP contribution in [0.15, 0.2) is 72.3 Å². The molecule has 0 unspecified atom stereocenters. The summed E-state index contributed by atoms with van der Waals surface area (Å²) in [4.78, 5) is 36.5. The van der Waals surface area contributed by atoms with E-state index in [1.54, 1.807) is 60.7 Å². The summed E-state index contributed by atoms with van der Waals surface area (Å²) in [6.45, 7) is 0.920. The van der Waals surface area contributed by atoms with Crippen molar-refractivity contribution in [1.29, 1.82) is 0 Å². The molecule has 0 saturated heterocycles. The molecule has 0 radical (unpaired) electrons. The summed E-state index contributed by atoms with van der Waals surface area (Å²) in [5.41, 5.74) is 0.905. The summed E-state index contributed by atoms with van der Waals surface area (Å²) >= 11 is 6.22. The van der Waals surface area contributed by atoms with Gasteiger partial charge in [-0.1, -0.05) is 42.5 Å². The average Bonchev–Trinajstić information content (AvgIpc) is 2.78. The van der Waals surface area contributed by atoms with Crippen molar-refractivity contribution in [2.75, 3.05) is 6.61 Å². The molecular formula is C23H21ClO7. The molecule has 0 aromatic heterocycles. The van der Waals surface area contributed by atoms with Crippen LogP contribution >= 0.6 is 11.6 Å². The highest BCUT2D eigenvalue weighted by atomic mass is 35.5. The van der Waals surface area contributed by atoms with E-state index in [4.69, 9.17) is 25.8 Å². The first-order valence-corrected chi connectivity index (χ1v) is 9.98. The second-order valence-electron chi connectivity index (χ2n) is 6.88. The zero-order valence-electron chi connectivity index (χ0n) is 16.6. The number of rotatable bonds is 6. The topological polar surface area (TPSA) is 99.1 Å². The van der Waals surface area contributed by atoms with Crippen molar-refractivity contribution < 1.29 is 33.7 Å². The molecule has 0 saturated carbocycles. The SMILES string of the molecule is CC(=O)O[C@H]1C(COC(=O)c2ccccc2)=C[C@@H](Cl)[C@H](O)[C@@H]1OC(=O)c1ccccc1. The van der Waals surface area contributed by atoms with E-state index in [1.807, 2.05) is 0 Å². The van der Waals surface area contributed by atoms with Crippen LogP contribution in [0.4, 0.5) is 0 Å². The molecule has 4 atom stereocenters. The minimum Gasteiger partial charge on any atom is -0.457 e. The van der Waals surface area contributed by atoms with Crippen LogP contribution < -0.4 is 0 Å². The Balaban J connectivity index is 1.80. The maximum Gasteiger partial charge on any atom is 0.338 e. The van der Waals surface area contributed by atoms with E-state index in [9.17, 15) is 19.5 Å². The molecule has 8 heteroatoms. The fourth-order valence-corrected chi connectivity index (χ4v) is 3.43. The second-order valence-corrected chi connectivity index (χ2v) is 7.39. The molecular weight excluding hydrogens is 424 g/mol. The van der Waals surface area contributed by atoms with Gasteiger partial charge in [-0.3, -0.25) is 4.79 Å². The lowest BCUT2D eigenvalue weighted by Gasteiger charge is -2.36. The van der Waals surface area contributed by atoms with Crippen LogP contribution in [-0.4, -0.2) is 53.3 Å². The molecule has 31 heavy (non-hydrogen) atoms. The van der Waals surface area contributed by atoms with Gasteiger partial charge < -0.3 is 19.3 Å². The molecule has 7 nitrogen and oxygen atoms in total. The van der Waals surface area contributed by atoms with Gasteiger partial charge in [0.2, 0.25) is 0 Å². The molecule has 1 N–H and O–H groups in total.